The molecule has 0 radical (unpaired) electrons. The SMILES string of the molecule is CCCCNCCCCOc1ccc([N+](=O)[O-])cc1C1C(C(=O)O)=C(C)NC(C)=C1C(=O)O. The van der Waals surface area contributed by atoms with Crippen LogP contribution in [0.15, 0.2) is 40.7 Å². The van der Waals surface area contributed by atoms with Crippen molar-refractivity contribution in [2.75, 3.05) is 19.7 Å². The van der Waals surface area contributed by atoms with Crippen molar-refractivity contribution in [3.8, 4) is 5.75 Å². The van der Waals surface area contributed by atoms with Crippen molar-refractivity contribution in [1.29, 1.82) is 0 Å². The number of non-ortho nitro benzene ring substituents is 1. The van der Waals surface area contributed by atoms with Gasteiger partial charge in [-0.1, -0.05) is 13.3 Å². The van der Waals surface area contributed by atoms with E-state index in [0.29, 0.717) is 13.0 Å². The van der Waals surface area contributed by atoms with E-state index in [2.05, 4.69) is 17.6 Å². The number of aliphatic carboxylic acids is 2. The first-order valence-corrected chi connectivity index (χ1v) is 11.0. The first-order chi connectivity index (χ1) is 15.7. The molecule has 4 N–H and O–H groups in total. The predicted octanol–water partition coefficient (Wildman–Crippen LogP) is 3.55. The first-order valence-electron chi connectivity index (χ1n) is 11.0. The van der Waals surface area contributed by atoms with Crippen molar-refractivity contribution in [2.24, 2.45) is 0 Å². The van der Waals surface area contributed by atoms with Crippen LogP contribution in [-0.2, 0) is 9.59 Å². The van der Waals surface area contributed by atoms with Crippen LogP contribution in [0.4, 0.5) is 5.69 Å². The molecular weight excluding hydrogens is 430 g/mol. The average Bonchev–Trinajstić information content (AvgIpc) is 2.74. The molecule has 1 aliphatic heterocycles. The van der Waals surface area contributed by atoms with E-state index in [-0.39, 0.29) is 39.5 Å². The average molecular weight is 462 g/mol. The minimum absolute atomic E-state index is 0.139. The van der Waals surface area contributed by atoms with Crippen LogP contribution < -0.4 is 15.4 Å². The van der Waals surface area contributed by atoms with Crippen molar-refractivity contribution < 1.29 is 29.5 Å². The van der Waals surface area contributed by atoms with Crippen molar-refractivity contribution in [2.45, 2.75) is 52.4 Å². The number of carboxylic acids is 2. The Morgan fingerprint density at radius 2 is 1.70 bits per heavy atom. The number of unbranched alkanes of at least 4 members (excludes halogenated alkanes) is 2. The maximum absolute atomic E-state index is 12.1. The van der Waals surface area contributed by atoms with E-state index in [1.54, 1.807) is 0 Å². The molecule has 0 spiro atoms. The second-order valence-corrected chi connectivity index (χ2v) is 7.88. The molecule has 0 amide bonds. The highest BCUT2D eigenvalue weighted by molar-refractivity contribution is 5.98. The summed E-state index contributed by atoms with van der Waals surface area (Å²) in [6.45, 7) is 7.28. The van der Waals surface area contributed by atoms with Crippen molar-refractivity contribution in [3.05, 3.63) is 56.4 Å². The molecule has 0 aromatic heterocycles. The summed E-state index contributed by atoms with van der Waals surface area (Å²) in [7, 11) is 0. The number of carbonyl (C=O) groups is 2. The molecule has 10 heteroatoms. The number of dihydropyridines is 1. The van der Waals surface area contributed by atoms with E-state index in [4.69, 9.17) is 4.74 Å². The highest BCUT2D eigenvalue weighted by Crippen LogP contribution is 2.43. The summed E-state index contributed by atoms with van der Waals surface area (Å²) in [6.07, 6.45) is 3.80. The number of nitrogens with one attached hydrogen (secondary N) is 2. The molecule has 0 saturated heterocycles. The lowest BCUT2D eigenvalue weighted by molar-refractivity contribution is -0.384. The topological polar surface area (TPSA) is 151 Å². The highest BCUT2D eigenvalue weighted by Gasteiger charge is 2.38. The van der Waals surface area contributed by atoms with Crippen LogP contribution in [0.25, 0.3) is 0 Å². The van der Waals surface area contributed by atoms with E-state index in [1.807, 2.05) is 0 Å². The molecule has 1 aromatic rings. The Balaban J connectivity index is 2.37. The van der Waals surface area contributed by atoms with Gasteiger partial charge in [0.25, 0.3) is 5.69 Å². The molecule has 0 aliphatic carbocycles. The summed E-state index contributed by atoms with van der Waals surface area (Å²) in [4.78, 5) is 34.9. The van der Waals surface area contributed by atoms with Crippen LogP contribution in [-0.4, -0.2) is 46.8 Å². The summed E-state index contributed by atoms with van der Waals surface area (Å²) >= 11 is 0. The number of nitrogens with zero attached hydrogens (tertiary/aromatic N) is 1. The van der Waals surface area contributed by atoms with Gasteiger partial charge < -0.3 is 25.6 Å². The Hall–Kier alpha value is -3.40. The smallest absolute Gasteiger partial charge is 0.334 e. The van der Waals surface area contributed by atoms with E-state index in [0.717, 1.165) is 32.4 Å². The summed E-state index contributed by atoms with van der Waals surface area (Å²) in [5.41, 5.74) is 0.0178. The maximum Gasteiger partial charge on any atom is 0.334 e. The van der Waals surface area contributed by atoms with Crippen molar-refractivity contribution in [1.82, 2.24) is 10.6 Å². The quantitative estimate of drug-likeness (QED) is 0.196. The minimum Gasteiger partial charge on any atom is -0.493 e. The van der Waals surface area contributed by atoms with Gasteiger partial charge in [0.05, 0.1) is 28.6 Å². The van der Waals surface area contributed by atoms with Gasteiger partial charge in [0, 0.05) is 29.1 Å². The Bertz CT molecular complexity index is 933. The number of carboxylic acid groups (broad SMARTS) is 2. The van der Waals surface area contributed by atoms with E-state index >= 15 is 0 Å². The Labute approximate surface area is 192 Å². The molecule has 180 valence electrons. The zero-order valence-corrected chi connectivity index (χ0v) is 19.1. The summed E-state index contributed by atoms with van der Waals surface area (Å²) in [6, 6.07) is 3.86. The molecule has 1 aliphatic rings. The number of allylic oxidation sites excluding steroid dienone is 2. The molecule has 0 bridgehead atoms. The number of nitro benzene ring substituents is 1. The van der Waals surface area contributed by atoms with Gasteiger partial charge in [0.1, 0.15) is 5.75 Å². The first kappa shape index (κ1) is 25.9. The van der Waals surface area contributed by atoms with Crippen molar-refractivity contribution >= 4 is 17.6 Å². The summed E-state index contributed by atoms with van der Waals surface area (Å²) in [5.74, 6) is -3.63. The van der Waals surface area contributed by atoms with Crippen LogP contribution in [0.2, 0.25) is 0 Å². The number of nitro groups is 1. The van der Waals surface area contributed by atoms with Gasteiger partial charge in [0.15, 0.2) is 0 Å². The largest absolute Gasteiger partial charge is 0.493 e. The van der Waals surface area contributed by atoms with Gasteiger partial charge in [-0.3, -0.25) is 10.1 Å². The van der Waals surface area contributed by atoms with Gasteiger partial charge >= 0.3 is 11.9 Å². The normalized spacial score (nSPS) is 14.3. The van der Waals surface area contributed by atoms with Gasteiger partial charge in [-0.2, -0.15) is 0 Å². The zero-order chi connectivity index (χ0) is 24.5. The number of rotatable bonds is 13. The number of hydrogen-bond acceptors (Lipinski definition) is 7. The summed E-state index contributed by atoms with van der Waals surface area (Å²) in [5, 5.41) is 37.2. The predicted molar refractivity (Wildman–Crippen MR) is 122 cm³/mol. The fourth-order valence-corrected chi connectivity index (χ4v) is 3.84. The molecule has 10 nitrogen and oxygen atoms in total. The molecule has 0 saturated carbocycles. The molecule has 1 aromatic carbocycles. The minimum atomic E-state index is -1.31. The monoisotopic (exact) mass is 461 g/mol. The van der Waals surface area contributed by atoms with Gasteiger partial charge in [-0.25, -0.2) is 9.59 Å². The molecule has 0 fully saturated rings. The third kappa shape index (κ3) is 6.55. The maximum atomic E-state index is 12.1. The van der Waals surface area contributed by atoms with Gasteiger partial charge in [0.2, 0.25) is 0 Å². The Kier molecular flexibility index (Phi) is 9.41. The zero-order valence-electron chi connectivity index (χ0n) is 19.1. The van der Waals surface area contributed by atoms with Gasteiger partial charge in [-0.15, -0.1) is 0 Å². The van der Waals surface area contributed by atoms with E-state index in [1.165, 1.54) is 32.0 Å². The number of benzene rings is 1. The molecule has 0 unspecified atom stereocenters. The van der Waals surface area contributed by atoms with Crippen LogP contribution in [0.1, 0.15) is 57.9 Å². The summed E-state index contributed by atoms with van der Waals surface area (Å²) < 4.78 is 5.88. The Morgan fingerprint density at radius 3 is 2.24 bits per heavy atom. The highest BCUT2D eigenvalue weighted by atomic mass is 16.6. The second kappa shape index (κ2) is 12.0. The third-order valence-electron chi connectivity index (χ3n) is 5.45. The van der Waals surface area contributed by atoms with Crippen LogP contribution in [0.5, 0.6) is 5.75 Å². The third-order valence-corrected chi connectivity index (χ3v) is 5.45. The van der Waals surface area contributed by atoms with Gasteiger partial charge in [-0.05, 0) is 52.3 Å². The van der Waals surface area contributed by atoms with E-state index < -0.39 is 22.8 Å². The number of hydrogen-bond donors (Lipinski definition) is 4. The fraction of sp³-hybridized carbons (Fsp3) is 0.478. The second-order valence-electron chi connectivity index (χ2n) is 7.88. The van der Waals surface area contributed by atoms with Crippen LogP contribution in [0, 0.1) is 10.1 Å². The Morgan fingerprint density at radius 1 is 1.09 bits per heavy atom. The van der Waals surface area contributed by atoms with Crippen LogP contribution >= 0.6 is 0 Å². The lowest BCUT2D eigenvalue weighted by atomic mass is 9.80. The standard InChI is InChI=1S/C23H31N3O7/c1-4-5-10-24-11-6-7-12-33-18-9-8-16(26(31)32)13-17(18)21-19(22(27)28)14(2)25-15(3)20(21)23(29)30/h8-9,13,21,24-25H,4-7,10-12H2,1-3H3,(H,27,28)(H,29,30). The lowest BCUT2D eigenvalue weighted by Gasteiger charge is -2.29. The molecular formula is C23H31N3O7. The van der Waals surface area contributed by atoms with E-state index in [9.17, 15) is 29.9 Å². The fourth-order valence-electron chi connectivity index (χ4n) is 3.84. The molecule has 0 atom stereocenters. The lowest BCUT2D eigenvalue weighted by Crippen LogP contribution is -2.31. The molecule has 2 rings (SSSR count). The molecule has 33 heavy (non-hydrogen) atoms. The number of ether oxygens (including phenoxy) is 1. The van der Waals surface area contributed by atoms with Crippen LogP contribution in [0.3, 0.4) is 0 Å². The molecule has 1 heterocycles. The van der Waals surface area contributed by atoms with Crippen molar-refractivity contribution in [3.63, 3.8) is 0 Å².